The predicted molar refractivity (Wildman–Crippen MR) is 115 cm³/mol. The van der Waals surface area contributed by atoms with Crippen LogP contribution in [0.1, 0.15) is 71.6 Å². The van der Waals surface area contributed by atoms with Crippen molar-refractivity contribution in [3.05, 3.63) is 0 Å². The summed E-state index contributed by atoms with van der Waals surface area (Å²) in [6, 6.07) is 1.14. The molecule has 3 heterocycles. The van der Waals surface area contributed by atoms with Gasteiger partial charge in [-0.2, -0.15) is 0 Å². The minimum atomic E-state index is -0.264. The summed E-state index contributed by atoms with van der Waals surface area (Å²) in [5.41, 5.74) is 0. The number of fused-ring (bicyclic) bond motifs is 2. The van der Waals surface area contributed by atoms with Crippen LogP contribution in [-0.4, -0.2) is 71.6 Å². The van der Waals surface area contributed by atoms with Crippen molar-refractivity contribution in [2.45, 2.75) is 102 Å². The van der Waals surface area contributed by atoms with E-state index >= 15 is 0 Å². The zero-order valence-electron chi connectivity index (χ0n) is 18.7. The third-order valence-electron chi connectivity index (χ3n) is 8.98. The van der Waals surface area contributed by atoms with Gasteiger partial charge < -0.3 is 19.9 Å². The zero-order valence-corrected chi connectivity index (χ0v) is 18.7. The van der Waals surface area contributed by atoms with E-state index in [4.69, 9.17) is 4.74 Å². The quantitative estimate of drug-likeness (QED) is 0.750. The molecule has 0 aromatic rings. The Morgan fingerprint density at radius 1 is 0.967 bits per heavy atom. The van der Waals surface area contributed by atoms with Gasteiger partial charge in [0.15, 0.2) is 0 Å². The molecule has 30 heavy (non-hydrogen) atoms. The van der Waals surface area contributed by atoms with Crippen molar-refractivity contribution >= 4 is 11.8 Å². The van der Waals surface area contributed by atoms with E-state index in [1.807, 2.05) is 0 Å². The minimum Gasteiger partial charge on any atom is -0.368 e. The maximum Gasteiger partial charge on any atom is 0.252 e. The van der Waals surface area contributed by atoms with Crippen LogP contribution in [0.4, 0.5) is 0 Å². The van der Waals surface area contributed by atoms with Crippen LogP contribution >= 0.6 is 0 Å². The standard InChI is InChI=1S/C24H39N3O3/c1-15-14-26(24(29)23-7-4-12-30-23)22-13-17(8-9-21(22)27(15)16(2)28)18-5-3-6-20-19(18)10-11-25-20/h15,17-23,25H,3-14H2,1-2H3. The van der Waals surface area contributed by atoms with Crippen LogP contribution in [0, 0.1) is 17.8 Å². The predicted octanol–water partition coefficient (Wildman–Crippen LogP) is 2.56. The van der Waals surface area contributed by atoms with Gasteiger partial charge in [-0.15, -0.1) is 0 Å². The number of amides is 2. The molecule has 2 saturated carbocycles. The molecule has 0 aromatic carbocycles. The number of carbonyl (C=O) groups excluding carboxylic acids is 2. The second-order valence-corrected chi connectivity index (χ2v) is 10.6. The van der Waals surface area contributed by atoms with Gasteiger partial charge >= 0.3 is 0 Å². The highest BCUT2D eigenvalue weighted by Crippen LogP contribution is 2.47. The largest absolute Gasteiger partial charge is 0.368 e. The first-order valence-electron chi connectivity index (χ1n) is 12.5. The smallest absolute Gasteiger partial charge is 0.252 e. The highest BCUT2D eigenvalue weighted by Gasteiger charge is 2.50. The fourth-order valence-corrected chi connectivity index (χ4v) is 7.79. The topological polar surface area (TPSA) is 61.9 Å². The van der Waals surface area contributed by atoms with Crippen molar-refractivity contribution in [2.24, 2.45) is 17.8 Å². The van der Waals surface area contributed by atoms with E-state index in [1.54, 1.807) is 6.92 Å². The van der Waals surface area contributed by atoms with Crippen LogP contribution < -0.4 is 5.32 Å². The number of piperazine rings is 1. The molecule has 5 aliphatic rings. The van der Waals surface area contributed by atoms with Crippen LogP contribution in [0.15, 0.2) is 0 Å². The molecule has 6 nitrogen and oxygen atoms in total. The van der Waals surface area contributed by atoms with Crippen molar-refractivity contribution in [3.8, 4) is 0 Å². The van der Waals surface area contributed by atoms with Crippen LogP contribution in [0.2, 0.25) is 0 Å². The Hall–Kier alpha value is -1.14. The lowest BCUT2D eigenvalue weighted by atomic mass is 9.64. The van der Waals surface area contributed by atoms with Gasteiger partial charge in [-0.05, 0) is 82.6 Å². The maximum atomic E-state index is 13.4. The molecule has 0 radical (unpaired) electrons. The van der Waals surface area contributed by atoms with Crippen molar-refractivity contribution in [1.29, 1.82) is 0 Å². The van der Waals surface area contributed by atoms with E-state index < -0.39 is 0 Å². The molecule has 1 N–H and O–H groups in total. The van der Waals surface area contributed by atoms with Gasteiger partial charge in [0.1, 0.15) is 6.10 Å². The summed E-state index contributed by atoms with van der Waals surface area (Å²) in [6.45, 7) is 6.34. The summed E-state index contributed by atoms with van der Waals surface area (Å²) < 4.78 is 5.78. The summed E-state index contributed by atoms with van der Waals surface area (Å²) in [4.78, 5) is 30.2. The highest BCUT2D eigenvalue weighted by atomic mass is 16.5. The Bertz CT molecular complexity index is 664. The summed E-state index contributed by atoms with van der Waals surface area (Å²) in [7, 11) is 0. The Morgan fingerprint density at radius 3 is 2.60 bits per heavy atom. The van der Waals surface area contributed by atoms with Gasteiger partial charge in [0.05, 0.1) is 12.1 Å². The van der Waals surface area contributed by atoms with Gasteiger partial charge in [0.25, 0.3) is 5.91 Å². The number of carbonyl (C=O) groups is 2. The van der Waals surface area contributed by atoms with Crippen LogP contribution in [-0.2, 0) is 14.3 Å². The molecule has 0 bridgehead atoms. The Labute approximate surface area is 181 Å². The molecule has 3 saturated heterocycles. The van der Waals surface area contributed by atoms with E-state index in [1.165, 1.54) is 38.6 Å². The number of nitrogens with zero attached hydrogens (tertiary/aromatic N) is 2. The molecule has 6 heteroatoms. The number of nitrogens with one attached hydrogen (secondary N) is 1. The summed E-state index contributed by atoms with van der Waals surface area (Å²) in [6.07, 6.45) is 10.2. The molecular formula is C24H39N3O3. The lowest BCUT2D eigenvalue weighted by Gasteiger charge is -2.55. The second kappa shape index (κ2) is 8.42. The molecule has 0 spiro atoms. The first-order valence-corrected chi connectivity index (χ1v) is 12.5. The van der Waals surface area contributed by atoms with Crippen molar-refractivity contribution < 1.29 is 14.3 Å². The zero-order chi connectivity index (χ0) is 20.8. The Kier molecular flexibility index (Phi) is 5.82. The summed E-state index contributed by atoms with van der Waals surface area (Å²) in [5.74, 6) is 2.62. The molecule has 2 amide bonds. The molecule has 8 unspecified atom stereocenters. The normalized spacial score (nSPS) is 43.9. The lowest BCUT2D eigenvalue weighted by molar-refractivity contribution is -0.160. The highest BCUT2D eigenvalue weighted by molar-refractivity contribution is 5.82. The van der Waals surface area contributed by atoms with E-state index in [-0.39, 0.29) is 36.0 Å². The van der Waals surface area contributed by atoms with E-state index in [9.17, 15) is 9.59 Å². The molecule has 0 aromatic heterocycles. The van der Waals surface area contributed by atoms with Crippen molar-refractivity contribution in [3.63, 3.8) is 0 Å². The molecule has 168 valence electrons. The molecular weight excluding hydrogens is 378 g/mol. The van der Waals surface area contributed by atoms with Crippen LogP contribution in [0.25, 0.3) is 0 Å². The average molecular weight is 418 g/mol. The fourth-order valence-electron chi connectivity index (χ4n) is 7.79. The third-order valence-corrected chi connectivity index (χ3v) is 8.98. The number of hydrogen-bond acceptors (Lipinski definition) is 4. The average Bonchev–Trinajstić information content (AvgIpc) is 3.43. The van der Waals surface area contributed by atoms with Gasteiger partial charge in [0.2, 0.25) is 5.91 Å². The molecule has 8 atom stereocenters. The molecule has 2 aliphatic carbocycles. The first-order chi connectivity index (χ1) is 14.5. The van der Waals surface area contributed by atoms with E-state index in [0.717, 1.165) is 37.5 Å². The third kappa shape index (κ3) is 3.58. The second-order valence-electron chi connectivity index (χ2n) is 10.6. The van der Waals surface area contributed by atoms with Gasteiger partial charge in [-0.25, -0.2) is 0 Å². The van der Waals surface area contributed by atoms with Crippen molar-refractivity contribution in [2.75, 3.05) is 19.7 Å². The van der Waals surface area contributed by atoms with Crippen LogP contribution in [0.5, 0.6) is 0 Å². The Morgan fingerprint density at radius 2 is 1.83 bits per heavy atom. The lowest BCUT2D eigenvalue weighted by Crippen LogP contribution is -2.68. The van der Waals surface area contributed by atoms with Crippen molar-refractivity contribution in [1.82, 2.24) is 15.1 Å². The monoisotopic (exact) mass is 417 g/mol. The van der Waals surface area contributed by atoms with Gasteiger partial charge in [-0.3, -0.25) is 9.59 Å². The first kappa shape index (κ1) is 20.7. The number of rotatable bonds is 2. The van der Waals surface area contributed by atoms with Gasteiger partial charge in [-0.1, -0.05) is 6.42 Å². The van der Waals surface area contributed by atoms with E-state index in [0.29, 0.717) is 25.1 Å². The maximum absolute atomic E-state index is 13.4. The molecule has 5 rings (SSSR count). The fraction of sp³-hybridized carbons (Fsp3) is 0.917. The Balaban J connectivity index is 1.38. The molecule has 5 fully saturated rings. The minimum absolute atomic E-state index is 0.0868. The summed E-state index contributed by atoms with van der Waals surface area (Å²) in [5, 5.41) is 3.74. The number of hydrogen-bond donors (Lipinski definition) is 1. The summed E-state index contributed by atoms with van der Waals surface area (Å²) >= 11 is 0. The molecule has 3 aliphatic heterocycles. The van der Waals surface area contributed by atoms with E-state index in [2.05, 4.69) is 22.0 Å². The van der Waals surface area contributed by atoms with Gasteiger partial charge in [0, 0.05) is 32.2 Å². The SMILES string of the molecule is CC(=O)N1C(C)CN(C(=O)C2CCCO2)C2CC(C3CCCC4NCCC43)CCC21. The number of ether oxygens (including phenoxy) is 1. The van der Waals surface area contributed by atoms with Crippen LogP contribution in [0.3, 0.4) is 0 Å².